The predicted octanol–water partition coefficient (Wildman–Crippen LogP) is 3.84. The van der Waals surface area contributed by atoms with E-state index in [9.17, 15) is 4.39 Å². The molecule has 4 N–H and O–H groups in total. The van der Waals surface area contributed by atoms with Crippen LogP contribution in [0.15, 0.2) is 40.9 Å². The van der Waals surface area contributed by atoms with Crippen molar-refractivity contribution in [3.8, 4) is 0 Å². The maximum Gasteiger partial charge on any atom is 0.144 e. The van der Waals surface area contributed by atoms with Crippen molar-refractivity contribution in [2.75, 3.05) is 10.7 Å². The zero-order valence-corrected chi connectivity index (χ0v) is 11.5. The number of anilines is 3. The number of benzene rings is 2. The van der Waals surface area contributed by atoms with Gasteiger partial charge in [-0.25, -0.2) is 10.2 Å². The lowest BCUT2D eigenvalue weighted by molar-refractivity contribution is 0.629. The molecule has 0 atom stereocenters. The molecule has 0 saturated heterocycles. The van der Waals surface area contributed by atoms with Gasteiger partial charge in [-0.3, -0.25) is 5.01 Å². The summed E-state index contributed by atoms with van der Waals surface area (Å²) in [7, 11) is 0. The van der Waals surface area contributed by atoms with Crippen LogP contribution < -0.4 is 16.6 Å². The first-order chi connectivity index (χ1) is 8.50. The molecule has 0 fully saturated rings. The molecule has 2 aromatic carbocycles. The van der Waals surface area contributed by atoms with Gasteiger partial charge in [0.15, 0.2) is 0 Å². The van der Waals surface area contributed by atoms with Gasteiger partial charge in [-0.1, -0.05) is 27.5 Å². The molecule has 0 radical (unpaired) electrons. The van der Waals surface area contributed by atoms with Crippen LogP contribution >= 0.6 is 27.5 Å². The molecule has 6 heteroatoms. The van der Waals surface area contributed by atoms with Gasteiger partial charge in [-0.05, 0) is 36.4 Å². The lowest BCUT2D eigenvalue weighted by Crippen LogP contribution is -2.26. The second-order valence-corrected chi connectivity index (χ2v) is 4.93. The molecule has 0 amide bonds. The van der Waals surface area contributed by atoms with E-state index < -0.39 is 5.82 Å². The molecule has 18 heavy (non-hydrogen) atoms. The second kappa shape index (κ2) is 5.14. The Morgan fingerprint density at radius 3 is 2.33 bits per heavy atom. The molecule has 0 spiro atoms. The van der Waals surface area contributed by atoms with E-state index in [1.165, 1.54) is 17.1 Å². The summed E-state index contributed by atoms with van der Waals surface area (Å²) >= 11 is 9.08. The van der Waals surface area contributed by atoms with Gasteiger partial charge >= 0.3 is 0 Å². The molecule has 0 aliphatic carbocycles. The molecule has 0 saturated carbocycles. The number of rotatable bonds is 2. The third-order valence-corrected chi connectivity index (χ3v) is 3.39. The monoisotopic (exact) mass is 329 g/mol. The number of hydrogen-bond donors (Lipinski definition) is 2. The number of hydrazine groups is 1. The van der Waals surface area contributed by atoms with E-state index in [1.54, 1.807) is 12.1 Å². The summed E-state index contributed by atoms with van der Waals surface area (Å²) in [6.07, 6.45) is 0. The molecular formula is C12H10BrClFN3. The SMILES string of the molecule is Nc1c(N(N)c2ccc(Br)cc2)ccc(F)c1Cl. The fourth-order valence-electron chi connectivity index (χ4n) is 1.51. The fourth-order valence-corrected chi connectivity index (χ4v) is 1.93. The van der Waals surface area contributed by atoms with Crippen LogP contribution in [-0.2, 0) is 0 Å². The normalized spacial score (nSPS) is 10.4. The van der Waals surface area contributed by atoms with E-state index in [4.69, 9.17) is 23.2 Å². The van der Waals surface area contributed by atoms with Crippen molar-refractivity contribution in [2.45, 2.75) is 0 Å². The molecule has 94 valence electrons. The van der Waals surface area contributed by atoms with E-state index >= 15 is 0 Å². The van der Waals surface area contributed by atoms with E-state index in [-0.39, 0.29) is 10.7 Å². The van der Waals surface area contributed by atoms with Crippen molar-refractivity contribution in [3.63, 3.8) is 0 Å². The second-order valence-electron chi connectivity index (χ2n) is 3.64. The van der Waals surface area contributed by atoms with Crippen molar-refractivity contribution in [1.29, 1.82) is 0 Å². The first kappa shape index (κ1) is 13.1. The van der Waals surface area contributed by atoms with E-state index in [0.717, 1.165) is 4.47 Å². The van der Waals surface area contributed by atoms with Gasteiger partial charge in [0.1, 0.15) is 10.8 Å². The van der Waals surface area contributed by atoms with Gasteiger partial charge in [0.05, 0.1) is 17.1 Å². The maximum absolute atomic E-state index is 13.2. The number of nitrogen functional groups attached to an aromatic ring is 1. The maximum atomic E-state index is 13.2. The number of halogens is 3. The van der Waals surface area contributed by atoms with Crippen LogP contribution in [-0.4, -0.2) is 0 Å². The van der Waals surface area contributed by atoms with E-state index in [0.29, 0.717) is 11.4 Å². The molecule has 2 rings (SSSR count). The number of hydrogen-bond acceptors (Lipinski definition) is 3. The van der Waals surface area contributed by atoms with Crippen LogP contribution in [0.25, 0.3) is 0 Å². The molecule has 2 aromatic rings. The summed E-state index contributed by atoms with van der Waals surface area (Å²) in [5.41, 5.74) is 7.02. The molecule has 0 bridgehead atoms. The Bertz CT molecular complexity index is 574. The number of nitrogens with zero attached hydrogens (tertiary/aromatic N) is 1. The Morgan fingerprint density at radius 2 is 1.72 bits per heavy atom. The van der Waals surface area contributed by atoms with Crippen molar-refractivity contribution in [2.24, 2.45) is 5.84 Å². The van der Waals surface area contributed by atoms with Crippen molar-refractivity contribution in [3.05, 3.63) is 51.7 Å². The standard InChI is InChI=1S/C12H10BrClFN3/c13-7-1-3-8(4-2-7)18(17)10-6-5-9(15)11(14)12(10)16/h1-6H,16-17H2. The average molecular weight is 331 g/mol. The Labute approximate surface area is 117 Å². The minimum atomic E-state index is -0.567. The minimum Gasteiger partial charge on any atom is -0.396 e. The molecule has 0 heterocycles. The highest BCUT2D eigenvalue weighted by atomic mass is 79.9. The summed E-state index contributed by atoms with van der Waals surface area (Å²) in [4.78, 5) is 0. The van der Waals surface area contributed by atoms with Gasteiger partial charge in [0, 0.05) is 4.47 Å². The van der Waals surface area contributed by atoms with Crippen LogP contribution in [0, 0.1) is 5.82 Å². The molecule has 0 aliphatic heterocycles. The lowest BCUT2D eigenvalue weighted by Gasteiger charge is -2.21. The van der Waals surface area contributed by atoms with E-state index in [1.807, 2.05) is 12.1 Å². The summed E-state index contributed by atoms with van der Waals surface area (Å²) in [6.45, 7) is 0. The number of nitrogens with two attached hydrogens (primary N) is 2. The Hall–Kier alpha value is -1.30. The molecule has 3 nitrogen and oxygen atoms in total. The van der Waals surface area contributed by atoms with Gasteiger partial charge < -0.3 is 5.73 Å². The Morgan fingerprint density at radius 1 is 1.11 bits per heavy atom. The lowest BCUT2D eigenvalue weighted by atomic mass is 10.2. The van der Waals surface area contributed by atoms with Crippen LogP contribution in [0.3, 0.4) is 0 Å². The van der Waals surface area contributed by atoms with Crippen LogP contribution in [0.1, 0.15) is 0 Å². The topological polar surface area (TPSA) is 55.3 Å². The Kier molecular flexibility index (Phi) is 3.75. The van der Waals surface area contributed by atoms with E-state index in [2.05, 4.69) is 15.9 Å². The quantitative estimate of drug-likeness (QED) is 0.500. The van der Waals surface area contributed by atoms with Crippen LogP contribution in [0.5, 0.6) is 0 Å². The third kappa shape index (κ3) is 2.43. The van der Waals surface area contributed by atoms with Crippen molar-refractivity contribution < 1.29 is 4.39 Å². The van der Waals surface area contributed by atoms with Crippen LogP contribution in [0.2, 0.25) is 5.02 Å². The first-order valence-corrected chi connectivity index (χ1v) is 6.21. The molecule has 0 aliphatic rings. The predicted molar refractivity (Wildman–Crippen MR) is 76.3 cm³/mol. The van der Waals surface area contributed by atoms with Crippen molar-refractivity contribution >= 4 is 44.6 Å². The van der Waals surface area contributed by atoms with Gasteiger partial charge in [-0.15, -0.1) is 0 Å². The average Bonchev–Trinajstić information content (AvgIpc) is 2.36. The first-order valence-electron chi connectivity index (χ1n) is 5.04. The Balaban J connectivity index is 2.43. The minimum absolute atomic E-state index is 0.113. The van der Waals surface area contributed by atoms with Gasteiger partial charge in [0.2, 0.25) is 0 Å². The highest BCUT2D eigenvalue weighted by molar-refractivity contribution is 9.10. The summed E-state index contributed by atoms with van der Waals surface area (Å²) < 4.78 is 14.1. The fraction of sp³-hybridized carbons (Fsp3) is 0. The summed E-state index contributed by atoms with van der Waals surface area (Å²) in [6, 6.07) is 10.0. The van der Waals surface area contributed by atoms with Gasteiger partial charge in [-0.2, -0.15) is 0 Å². The summed E-state index contributed by atoms with van der Waals surface area (Å²) in [5.74, 6) is 5.38. The summed E-state index contributed by atoms with van der Waals surface area (Å²) in [5, 5.41) is 1.23. The highest BCUT2D eigenvalue weighted by Crippen LogP contribution is 2.34. The van der Waals surface area contributed by atoms with Crippen molar-refractivity contribution in [1.82, 2.24) is 0 Å². The smallest absolute Gasteiger partial charge is 0.144 e. The largest absolute Gasteiger partial charge is 0.396 e. The molecular weight excluding hydrogens is 321 g/mol. The van der Waals surface area contributed by atoms with Crippen LogP contribution in [0.4, 0.5) is 21.5 Å². The molecule has 0 aromatic heterocycles. The van der Waals surface area contributed by atoms with Gasteiger partial charge in [0.25, 0.3) is 0 Å². The highest BCUT2D eigenvalue weighted by Gasteiger charge is 2.13. The molecule has 0 unspecified atom stereocenters. The third-order valence-electron chi connectivity index (χ3n) is 2.47. The zero-order chi connectivity index (χ0) is 13.3. The zero-order valence-electron chi connectivity index (χ0n) is 9.20.